The predicted octanol–water partition coefficient (Wildman–Crippen LogP) is 4.49. The molecule has 2 fully saturated rings. The number of carbonyl (C=O) groups is 2. The van der Waals surface area contributed by atoms with Crippen LogP contribution in [0.5, 0.6) is 5.75 Å². The van der Waals surface area contributed by atoms with Gasteiger partial charge in [-0.1, -0.05) is 0 Å². The zero-order chi connectivity index (χ0) is 29.3. The Kier molecular flexibility index (Phi) is 8.16. The molecule has 220 valence electrons. The Morgan fingerprint density at radius 1 is 1.12 bits per heavy atom. The molecular weight excluding hydrogens is 546 g/mol. The summed E-state index contributed by atoms with van der Waals surface area (Å²) in [7, 11) is 1.39. The van der Waals surface area contributed by atoms with Crippen molar-refractivity contribution in [2.75, 3.05) is 20.3 Å². The van der Waals surface area contributed by atoms with Crippen molar-refractivity contribution >= 4 is 22.8 Å². The standard InChI is InChI=1S/C28H31F4N5O4/c1-14-23(27(39)37-20-7-6-17(10-19(20)29)36-22(38)12-40-2)25-26(35-14)24(33-13-34-25)18-9-16(28(30,31)32)5-8-21(18)41-11-15-3-4-15/h5,8-9,13,15,17,19-20,35H,3-4,6-7,10-12H2,1-2H3,(H,36,38)(H,37,39)/t17-,19-,20+/m1/s1. The van der Waals surface area contributed by atoms with Gasteiger partial charge in [-0.05, 0) is 56.7 Å². The third-order valence-electron chi connectivity index (χ3n) is 7.46. The molecule has 2 aliphatic rings. The van der Waals surface area contributed by atoms with Crippen molar-refractivity contribution in [2.45, 2.75) is 63.5 Å². The Morgan fingerprint density at radius 2 is 1.90 bits per heavy atom. The molecule has 0 saturated heterocycles. The molecule has 0 spiro atoms. The molecule has 3 aromatic rings. The summed E-state index contributed by atoms with van der Waals surface area (Å²) in [5, 5.41) is 5.46. The van der Waals surface area contributed by atoms with Crippen molar-refractivity contribution in [3.63, 3.8) is 0 Å². The Hall–Kier alpha value is -3.74. The monoisotopic (exact) mass is 577 g/mol. The van der Waals surface area contributed by atoms with Crippen LogP contribution in [0.3, 0.4) is 0 Å². The molecule has 5 rings (SSSR count). The van der Waals surface area contributed by atoms with Crippen molar-refractivity contribution in [3.05, 3.63) is 41.3 Å². The van der Waals surface area contributed by atoms with Crippen LogP contribution in [0, 0.1) is 12.8 Å². The maximum atomic E-state index is 15.0. The van der Waals surface area contributed by atoms with Gasteiger partial charge < -0.3 is 25.1 Å². The van der Waals surface area contributed by atoms with E-state index in [1.807, 2.05) is 0 Å². The van der Waals surface area contributed by atoms with Crippen LogP contribution in [-0.4, -0.2) is 65.3 Å². The lowest BCUT2D eigenvalue weighted by atomic mass is 9.89. The molecule has 0 radical (unpaired) electrons. The predicted molar refractivity (Wildman–Crippen MR) is 141 cm³/mol. The fourth-order valence-electron chi connectivity index (χ4n) is 5.16. The van der Waals surface area contributed by atoms with E-state index in [0.717, 1.165) is 25.0 Å². The topological polar surface area (TPSA) is 118 Å². The number of hydrogen-bond acceptors (Lipinski definition) is 6. The number of aromatic amines is 1. The summed E-state index contributed by atoms with van der Waals surface area (Å²) in [5.41, 5.74) is 0.450. The van der Waals surface area contributed by atoms with Gasteiger partial charge in [0.05, 0.1) is 29.3 Å². The number of alkyl halides is 4. The summed E-state index contributed by atoms with van der Waals surface area (Å²) in [5.74, 6) is -0.284. The van der Waals surface area contributed by atoms with Gasteiger partial charge in [-0.2, -0.15) is 13.2 Å². The van der Waals surface area contributed by atoms with Gasteiger partial charge in [0.15, 0.2) is 0 Å². The van der Waals surface area contributed by atoms with Crippen molar-refractivity contribution in [1.29, 1.82) is 0 Å². The molecule has 2 heterocycles. The average molecular weight is 578 g/mol. The Bertz CT molecular complexity index is 1440. The van der Waals surface area contributed by atoms with E-state index in [9.17, 15) is 22.8 Å². The molecule has 2 amide bonds. The number of hydrogen-bond donors (Lipinski definition) is 3. The highest BCUT2D eigenvalue weighted by atomic mass is 19.4. The van der Waals surface area contributed by atoms with Gasteiger partial charge >= 0.3 is 6.18 Å². The molecule has 2 saturated carbocycles. The minimum Gasteiger partial charge on any atom is -0.493 e. The van der Waals surface area contributed by atoms with E-state index in [2.05, 4.69) is 25.6 Å². The van der Waals surface area contributed by atoms with E-state index in [4.69, 9.17) is 9.47 Å². The maximum Gasteiger partial charge on any atom is 0.416 e. The number of rotatable bonds is 9. The van der Waals surface area contributed by atoms with E-state index in [-0.39, 0.29) is 58.6 Å². The van der Waals surface area contributed by atoms with Crippen LogP contribution < -0.4 is 15.4 Å². The highest BCUT2D eigenvalue weighted by Gasteiger charge is 2.35. The number of nitrogens with zero attached hydrogens (tertiary/aromatic N) is 2. The largest absolute Gasteiger partial charge is 0.493 e. The first-order chi connectivity index (χ1) is 19.5. The molecular formula is C28H31F4N5O4. The van der Waals surface area contributed by atoms with Crippen molar-refractivity contribution in [3.8, 4) is 17.0 Å². The second kappa shape index (κ2) is 11.6. The third kappa shape index (κ3) is 6.45. The summed E-state index contributed by atoms with van der Waals surface area (Å²) in [6, 6.07) is 2.09. The number of benzene rings is 1. The van der Waals surface area contributed by atoms with Crippen molar-refractivity contribution < 1.29 is 36.6 Å². The number of H-pyrrole nitrogens is 1. The summed E-state index contributed by atoms with van der Waals surface area (Å²) in [4.78, 5) is 36.7. The van der Waals surface area contributed by atoms with Gasteiger partial charge in [0.25, 0.3) is 5.91 Å². The normalized spacial score (nSPS) is 21.1. The quantitative estimate of drug-likeness (QED) is 0.323. The summed E-state index contributed by atoms with van der Waals surface area (Å²) < 4.78 is 66.5. The highest BCUT2D eigenvalue weighted by Crippen LogP contribution is 2.40. The number of amides is 2. The molecule has 0 unspecified atom stereocenters. The molecule has 3 atom stereocenters. The highest BCUT2D eigenvalue weighted by molar-refractivity contribution is 6.09. The third-order valence-corrected chi connectivity index (χ3v) is 7.46. The minimum absolute atomic E-state index is 0.0404. The number of carbonyl (C=O) groups excluding carboxylic acids is 2. The number of ether oxygens (including phenoxy) is 2. The van der Waals surface area contributed by atoms with Crippen LogP contribution in [0.15, 0.2) is 24.5 Å². The van der Waals surface area contributed by atoms with Crippen LogP contribution in [-0.2, 0) is 15.7 Å². The summed E-state index contributed by atoms with van der Waals surface area (Å²) in [6.45, 7) is 1.89. The molecule has 2 aromatic heterocycles. The Morgan fingerprint density at radius 3 is 2.59 bits per heavy atom. The molecule has 2 aliphatic carbocycles. The fourth-order valence-corrected chi connectivity index (χ4v) is 5.16. The van der Waals surface area contributed by atoms with Crippen LogP contribution in [0.1, 0.15) is 53.7 Å². The number of halogens is 4. The number of aryl methyl sites for hydroxylation is 1. The zero-order valence-corrected chi connectivity index (χ0v) is 22.6. The fraction of sp³-hybridized carbons (Fsp3) is 0.500. The molecule has 13 heteroatoms. The number of methoxy groups -OCH3 is 1. The zero-order valence-electron chi connectivity index (χ0n) is 22.6. The number of fused-ring (bicyclic) bond motifs is 1. The van der Waals surface area contributed by atoms with Crippen LogP contribution >= 0.6 is 0 Å². The van der Waals surface area contributed by atoms with E-state index in [1.165, 1.54) is 19.5 Å². The van der Waals surface area contributed by atoms with E-state index >= 15 is 4.39 Å². The number of aromatic nitrogens is 3. The molecule has 1 aromatic carbocycles. The van der Waals surface area contributed by atoms with Crippen molar-refractivity contribution in [2.24, 2.45) is 5.92 Å². The first kappa shape index (κ1) is 28.8. The van der Waals surface area contributed by atoms with E-state index in [1.54, 1.807) is 6.92 Å². The number of nitrogens with one attached hydrogen (secondary N) is 3. The van der Waals surface area contributed by atoms with Crippen LogP contribution in [0.25, 0.3) is 22.3 Å². The molecule has 0 bridgehead atoms. The lowest BCUT2D eigenvalue weighted by molar-refractivity contribution is -0.137. The SMILES string of the molecule is COCC(=O)N[C@@H]1CC[C@H](NC(=O)c2c(C)[nH]c3c(-c4cc(C(F)(F)F)ccc4OCC4CC4)ncnc23)[C@H](F)C1. The summed E-state index contributed by atoms with van der Waals surface area (Å²) >= 11 is 0. The Balaban J connectivity index is 1.41. The Labute approximate surface area is 233 Å². The van der Waals surface area contributed by atoms with Crippen molar-refractivity contribution in [1.82, 2.24) is 25.6 Å². The molecule has 3 N–H and O–H groups in total. The minimum atomic E-state index is -4.58. The smallest absolute Gasteiger partial charge is 0.416 e. The average Bonchev–Trinajstić information content (AvgIpc) is 3.68. The summed E-state index contributed by atoms with van der Waals surface area (Å²) in [6.07, 6.45) is -1.97. The molecule has 0 aliphatic heterocycles. The first-order valence-corrected chi connectivity index (χ1v) is 13.5. The first-order valence-electron chi connectivity index (χ1n) is 13.5. The van der Waals surface area contributed by atoms with Gasteiger partial charge in [0.1, 0.15) is 36.1 Å². The molecule has 41 heavy (non-hydrogen) atoms. The van der Waals surface area contributed by atoms with Crippen LogP contribution in [0.4, 0.5) is 17.6 Å². The maximum absolute atomic E-state index is 15.0. The van der Waals surface area contributed by atoms with Gasteiger partial charge in [-0.15, -0.1) is 0 Å². The molecule has 9 nitrogen and oxygen atoms in total. The lowest BCUT2D eigenvalue weighted by Crippen LogP contribution is -2.50. The van der Waals surface area contributed by atoms with Gasteiger partial charge in [0, 0.05) is 30.8 Å². The van der Waals surface area contributed by atoms with E-state index in [0.29, 0.717) is 31.1 Å². The van der Waals surface area contributed by atoms with Gasteiger partial charge in [-0.3, -0.25) is 9.59 Å². The van der Waals surface area contributed by atoms with Crippen LogP contribution in [0.2, 0.25) is 0 Å². The van der Waals surface area contributed by atoms with Gasteiger partial charge in [-0.25, -0.2) is 14.4 Å². The lowest BCUT2D eigenvalue weighted by Gasteiger charge is -2.32. The van der Waals surface area contributed by atoms with Gasteiger partial charge in [0.2, 0.25) is 5.91 Å². The van der Waals surface area contributed by atoms with E-state index < -0.39 is 29.9 Å². The second-order valence-electron chi connectivity index (χ2n) is 10.6. The second-order valence-corrected chi connectivity index (χ2v) is 10.6.